The summed E-state index contributed by atoms with van der Waals surface area (Å²) in [7, 11) is -3.90. The Morgan fingerprint density at radius 3 is 2.16 bits per heavy atom. The van der Waals surface area contributed by atoms with Crippen LogP contribution in [0.1, 0.15) is 12.5 Å². The minimum Gasteiger partial charge on any atom is -0.491 e. The van der Waals surface area contributed by atoms with E-state index < -0.39 is 15.9 Å². The molecule has 0 fully saturated rings. The number of nitrogens with zero attached hydrogens (tertiary/aromatic N) is 1. The fourth-order valence-corrected chi connectivity index (χ4v) is 4.50. The average Bonchev–Trinajstić information content (AvgIpc) is 2.78. The molecular weight excluding hydrogens is 412 g/mol. The van der Waals surface area contributed by atoms with Crippen molar-refractivity contribution < 1.29 is 17.9 Å². The molecule has 3 aromatic carbocycles. The van der Waals surface area contributed by atoms with Crippen molar-refractivity contribution in [3.63, 3.8) is 0 Å². The second kappa shape index (κ2) is 10.1. The van der Waals surface area contributed by atoms with Crippen molar-refractivity contribution in [2.45, 2.75) is 24.8 Å². The molecule has 0 spiro atoms. The highest BCUT2D eigenvalue weighted by atomic mass is 32.2. The molecule has 0 aliphatic rings. The number of anilines is 1. The lowest BCUT2D eigenvalue weighted by Gasteiger charge is -2.25. The van der Waals surface area contributed by atoms with Gasteiger partial charge in [-0.05, 0) is 49.7 Å². The molecule has 0 saturated carbocycles. The maximum Gasteiger partial charge on any atom is 0.264 e. The van der Waals surface area contributed by atoms with Gasteiger partial charge in [-0.1, -0.05) is 54.6 Å². The monoisotopic (exact) mass is 438 g/mol. The normalized spacial score (nSPS) is 12.1. The van der Waals surface area contributed by atoms with Gasteiger partial charge in [-0.25, -0.2) is 8.42 Å². The summed E-state index contributed by atoms with van der Waals surface area (Å²) in [5.41, 5.74) is 1.43. The molecule has 1 atom stereocenters. The Labute approximate surface area is 183 Å². The number of sulfonamides is 1. The maximum atomic E-state index is 13.2. The van der Waals surface area contributed by atoms with E-state index in [-0.39, 0.29) is 24.1 Å². The molecule has 3 aromatic rings. The first-order chi connectivity index (χ1) is 14.9. The number of hydrogen-bond acceptors (Lipinski definition) is 4. The van der Waals surface area contributed by atoms with Crippen LogP contribution in [0.3, 0.4) is 0 Å². The van der Waals surface area contributed by atoms with E-state index in [9.17, 15) is 13.2 Å². The van der Waals surface area contributed by atoms with Crippen LogP contribution in [-0.4, -0.2) is 33.5 Å². The Morgan fingerprint density at radius 2 is 1.52 bits per heavy atom. The van der Waals surface area contributed by atoms with E-state index in [1.165, 1.54) is 12.1 Å². The van der Waals surface area contributed by atoms with E-state index in [1.54, 1.807) is 48.5 Å². The standard InChI is InChI=1S/C24H26N2O4S/c1-19-11-9-10-16-23(19)30-18-20(2)25-24(27)17-26(21-12-5-3-6-13-21)31(28,29)22-14-7-4-8-15-22/h3-16,20H,17-18H2,1-2H3,(H,25,27). The first-order valence-corrected chi connectivity index (χ1v) is 11.4. The lowest BCUT2D eigenvalue weighted by Crippen LogP contribution is -2.45. The third-order valence-corrected chi connectivity index (χ3v) is 6.44. The van der Waals surface area contributed by atoms with Gasteiger partial charge in [0, 0.05) is 0 Å². The first-order valence-electron chi connectivity index (χ1n) is 9.98. The number of nitrogens with one attached hydrogen (secondary N) is 1. The number of carbonyl (C=O) groups excluding carboxylic acids is 1. The number of hydrogen-bond donors (Lipinski definition) is 1. The SMILES string of the molecule is Cc1ccccc1OCC(C)NC(=O)CN(c1ccccc1)S(=O)(=O)c1ccccc1. The van der Waals surface area contributed by atoms with Gasteiger partial charge in [0.2, 0.25) is 5.91 Å². The van der Waals surface area contributed by atoms with E-state index in [2.05, 4.69) is 5.32 Å². The first kappa shape index (κ1) is 22.4. The van der Waals surface area contributed by atoms with Crippen molar-refractivity contribution in [3.8, 4) is 5.75 Å². The summed E-state index contributed by atoms with van der Waals surface area (Å²) < 4.78 is 33.3. The van der Waals surface area contributed by atoms with Crippen molar-refractivity contribution >= 4 is 21.6 Å². The minimum atomic E-state index is -3.90. The quantitative estimate of drug-likeness (QED) is 0.552. The van der Waals surface area contributed by atoms with Crippen LogP contribution in [-0.2, 0) is 14.8 Å². The van der Waals surface area contributed by atoms with Crippen LogP contribution in [0, 0.1) is 6.92 Å². The molecule has 0 saturated heterocycles. The van der Waals surface area contributed by atoms with Crippen molar-refractivity contribution in [2.24, 2.45) is 0 Å². The molecule has 0 aliphatic heterocycles. The predicted octanol–water partition coefficient (Wildman–Crippen LogP) is 3.77. The van der Waals surface area contributed by atoms with Crippen LogP contribution in [0.25, 0.3) is 0 Å². The highest BCUT2D eigenvalue weighted by Gasteiger charge is 2.27. The summed E-state index contributed by atoms with van der Waals surface area (Å²) >= 11 is 0. The Bertz CT molecular complexity index is 1100. The van der Waals surface area contributed by atoms with Crippen LogP contribution < -0.4 is 14.4 Å². The highest BCUT2D eigenvalue weighted by Crippen LogP contribution is 2.23. The van der Waals surface area contributed by atoms with Crippen molar-refractivity contribution in [1.82, 2.24) is 5.32 Å². The van der Waals surface area contributed by atoms with Gasteiger partial charge in [0.15, 0.2) is 0 Å². The van der Waals surface area contributed by atoms with Crippen molar-refractivity contribution in [1.29, 1.82) is 0 Å². The zero-order chi connectivity index (χ0) is 22.3. The maximum absolute atomic E-state index is 13.2. The smallest absolute Gasteiger partial charge is 0.264 e. The van der Waals surface area contributed by atoms with Crippen LogP contribution in [0.4, 0.5) is 5.69 Å². The van der Waals surface area contributed by atoms with E-state index in [0.29, 0.717) is 5.69 Å². The zero-order valence-electron chi connectivity index (χ0n) is 17.6. The molecule has 7 heteroatoms. The number of ether oxygens (including phenoxy) is 1. The third-order valence-electron chi connectivity index (χ3n) is 4.65. The summed E-state index contributed by atoms with van der Waals surface area (Å²) in [6, 6.07) is 24.0. The molecule has 3 rings (SSSR count). The second-order valence-electron chi connectivity index (χ2n) is 7.21. The molecule has 162 valence electrons. The van der Waals surface area contributed by atoms with Gasteiger partial charge < -0.3 is 10.1 Å². The van der Waals surface area contributed by atoms with Crippen molar-refractivity contribution in [3.05, 3.63) is 90.5 Å². The van der Waals surface area contributed by atoms with Crippen LogP contribution >= 0.6 is 0 Å². The van der Waals surface area contributed by atoms with Gasteiger partial charge in [0.25, 0.3) is 10.0 Å². The van der Waals surface area contributed by atoms with E-state index in [0.717, 1.165) is 15.6 Å². The predicted molar refractivity (Wildman–Crippen MR) is 122 cm³/mol. The lowest BCUT2D eigenvalue weighted by molar-refractivity contribution is -0.120. The molecule has 0 aliphatic carbocycles. The number of amides is 1. The molecule has 1 unspecified atom stereocenters. The van der Waals surface area contributed by atoms with Gasteiger partial charge in [-0.3, -0.25) is 9.10 Å². The fraction of sp³-hybridized carbons (Fsp3) is 0.208. The topological polar surface area (TPSA) is 75.7 Å². The number of rotatable bonds is 9. The number of benzene rings is 3. The number of carbonyl (C=O) groups is 1. The average molecular weight is 439 g/mol. The Hall–Kier alpha value is -3.32. The van der Waals surface area contributed by atoms with Gasteiger partial charge >= 0.3 is 0 Å². The molecule has 0 aromatic heterocycles. The molecule has 31 heavy (non-hydrogen) atoms. The van der Waals surface area contributed by atoms with Crippen LogP contribution in [0.5, 0.6) is 5.75 Å². The minimum absolute atomic E-state index is 0.127. The highest BCUT2D eigenvalue weighted by molar-refractivity contribution is 7.92. The summed E-state index contributed by atoms with van der Waals surface area (Å²) in [4.78, 5) is 12.8. The summed E-state index contributed by atoms with van der Waals surface area (Å²) in [6.45, 7) is 3.70. The van der Waals surface area contributed by atoms with Gasteiger partial charge in [0.05, 0.1) is 16.6 Å². The number of para-hydroxylation sites is 2. The summed E-state index contributed by atoms with van der Waals surface area (Å²) in [6.07, 6.45) is 0. The Morgan fingerprint density at radius 1 is 0.935 bits per heavy atom. The van der Waals surface area contributed by atoms with Crippen LogP contribution in [0.2, 0.25) is 0 Å². The molecular formula is C24H26N2O4S. The number of aryl methyl sites for hydroxylation is 1. The zero-order valence-corrected chi connectivity index (χ0v) is 18.4. The summed E-state index contributed by atoms with van der Waals surface area (Å²) in [5.74, 6) is 0.338. The fourth-order valence-electron chi connectivity index (χ4n) is 3.05. The second-order valence-corrected chi connectivity index (χ2v) is 9.07. The Balaban J connectivity index is 1.71. The molecule has 6 nitrogen and oxygen atoms in total. The van der Waals surface area contributed by atoms with E-state index >= 15 is 0 Å². The van der Waals surface area contributed by atoms with Crippen molar-refractivity contribution in [2.75, 3.05) is 17.5 Å². The summed E-state index contributed by atoms with van der Waals surface area (Å²) in [5, 5.41) is 2.82. The van der Waals surface area contributed by atoms with Gasteiger partial charge in [-0.2, -0.15) is 0 Å². The lowest BCUT2D eigenvalue weighted by atomic mass is 10.2. The van der Waals surface area contributed by atoms with E-state index in [4.69, 9.17) is 4.74 Å². The molecule has 1 N–H and O–H groups in total. The van der Waals surface area contributed by atoms with Gasteiger partial charge in [0.1, 0.15) is 18.9 Å². The molecule has 0 heterocycles. The Kier molecular flexibility index (Phi) is 7.31. The largest absolute Gasteiger partial charge is 0.491 e. The molecule has 1 amide bonds. The third kappa shape index (κ3) is 5.86. The molecule has 0 bridgehead atoms. The van der Waals surface area contributed by atoms with E-state index in [1.807, 2.05) is 38.1 Å². The van der Waals surface area contributed by atoms with Crippen LogP contribution in [0.15, 0.2) is 89.8 Å². The van der Waals surface area contributed by atoms with Gasteiger partial charge in [-0.15, -0.1) is 0 Å². The molecule has 0 radical (unpaired) electrons.